The van der Waals surface area contributed by atoms with Gasteiger partial charge in [-0.2, -0.15) is 0 Å². The zero-order valence-corrected chi connectivity index (χ0v) is 10.4. The molecule has 0 aliphatic rings. The number of para-hydroxylation sites is 1. The van der Waals surface area contributed by atoms with Gasteiger partial charge in [-0.15, -0.1) is 6.42 Å². The molecule has 0 aliphatic carbocycles. The molecule has 0 spiro atoms. The van der Waals surface area contributed by atoms with Crippen molar-refractivity contribution in [1.29, 1.82) is 0 Å². The first-order chi connectivity index (χ1) is 9.20. The second kappa shape index (κ2) is 5.83. The molecule has 0 unspecified atom stereocenters. The molecule has 96 valence electrons. The molecule has 5 nitrogen and oxygen atoms in total. The van der Waals surface area contributed by atoms with Gasteiger partial charge >= 0.3 is 5.97 Å². The lowest BCUT2D eigenvalue weighted by atomic mass is 10.2. The zero-order valence-electron chi connectivity index (χ0n) is 10.4. The fourth-order valence-electron chi connectivity index (χ4n) is 1.54. The number of carbonyl (C=O) groups is 1. The first kappa shape index (κ1) is 12.8. The van der Waals surface area contributed by atoms with Crippen molar-refractivity contribution in [3.63, 3.8) is 0 Å². The van der Waals surface area contributed by atoms with Gasteiger partial charge in [0.05, 0.1) is 10.9 Å². The maximum absolute atomic E-state index is 10.8. The van der Waals surface area contributed by atoms with Crippen LogP contribution in [0.15, 0.2) is 33.7 Å². The molecule has 0 fully saturated rings. The number of hydrogen-bond donors (Lipinski definition) is 0. The molecule has 1 heterocycles. The predicted octanol–water partition coefficient (Wildman–Crippen LogP) is 1.42. The van der Waals surface area contributed by atoms with E-state index in [1.807, 2.05) is 24.3 Å². The third kappa shape index (κ3) is 3.19. The molecule has 0 bridgehead atoms. The van der Waals surface area contributed by atoms with Gasteiger partial charge < -0.3 is 9.15 Å². The van der Waals surface area contributed by atoms with Crippen LogP contribution in [-0.2, 0) is 16.1 Å². The minimum Gasteiger partial charge on any atom is -0.456 e. The van der Waals surface area contributed by atoms with Crippen molar-refractivity contribution in [3.8, 4) is 12.3 Å². The largest absolute Gasteiger partial charge is 0.456 e. The van der Waals surface area contributed by atoms with Crippen molar-refractivity contribution in [2.75, 3.05) is 6.54 Å². The molecule has 0 saturated carbocycles. The number of carbonyl (C=O) groups excluding carboxylic acids is 1. The maximum Gasteiger partial charge on any atom is 0.303 e. The van der Waals surface area contributed by atoms with Crippen molar-refractivity contribution in [2.24, 2.45) is 4.99 Å². The van der Waals surface area contributed by atoms with Crippen LogP contribution in [-0.4, -0.2) is 17.5 Å². The van der Waals surface area contributed by atoms with Crippen molar-refractivity contribution < 1.29 is 13.9 Å². The van der Waals surface area contributed by atoms with E-state index in [0.717, 1.165) is 5.39 Å². The molecule has 1 aromatic heterocycles. The number of ether oxygens (including phenoxy) is 1. The third-order valence-corrected chi connectivity index (χ3v) is 2.31. The van der Waals surface area contributed by atoms with Crippen LogP contribution in [0.2, 0.25) is 0 Å². The van der Waals surface area contributed by atoms with Crippen LogP contribution in [0, 0.1) is 12.3 Å². The monoisotopic (exact) mass is 256 g/mol. The maximum atomic E-state index is 10.8. The topological polar surface area (TPSA) is 64.7 Å². The summed E-state index contributed by atoms with van der Waals surface area (Å²) in [5, 5.41) is 0.768. The SMILES string of the molecule is C#CCN=c1oc(COC(C)=O)nc2ccccc12. The predicted molar refractivity (Wildman–Crippen MR) is 68.7 cm³/mol. The Bertz CT molecular complexity index is 710. The van der Waals surface area contributed by atoms with Gasteiger partial charge in [0, 0.05) is 6.92 Å². The van der Waals surface area contributed by atoms with E-state index in [0.29, 0.717) is 11.1 Å². The van der Waals surface area contributed by atoms with E-state index in [9.17, 15) is 4.79 Å². The molecule has 1 aromatic carbocycles. The van der Waals surface area contributed by atoms with Crippen molar-refractivity contribution in [1.82, 2.24) is 4.98 Å². The smallest absolute Gasteiger partial charge is 0.303 e. The van der Waals surface area contributed by atoms with Gasteiger partial charge in [0.25, 0.3) is 0 Å². The molecule has 0 aliphatic heterocycles. The quantitative estimate of drug-likeness (QED) is 0.615. The summed E-state index contributed by atoms with van der Waals surface area (Å²) in [4.78, 5) is 19.2. The number of terminal acetylenes is 1. The summed E-state index contributed by atoms with van der Waals surface area (Å²) in [6.45, 7) is 1.51. The van der Waals surface area contributed by atoms with Gasteiger partial charge in [-0.25, -0.2) is 9.98 Å². The summed E-state index contributed by atoms with van der Waals surface area (Å²) in [6.07, 6.45) is 5.19. The number of hydrogen-bond acceptors (Lipinski definition) is 5. The van der Waals surface area contributed by atoms with Crippen LogP contribution in [0.5, 0.6) is 0 Å². The molecule has 0 atom stereocenters. The zero-order chi connectivity index (χ0) is 13.7. The Hall–Kier alpha value is -2.61. The Morgan fingerprint density at radius 2 is 2.32 bits per heavy atom. The van der Waals surface area contributed by atoms with Crippen LogP contribution >= 0.6 is 0 Å². The van der Waals surface area contributed by atoms with Gasteiger partial charge in [-0.3, -0.25) is 4.79 Å². The average Bonchev–Trinajstić information content (AvgIpc) is 2.42. The van der Waals surface area contributed by atoms with Gasteiger partial charge in [0.2, 0.25) is 11.4 Å². The van der Waals surface area contributed by atoms with Crippen LogP contribution in [0.3, 0.4) is 0 Å². The fourth-order valence-corrected chi connectivity index (χ4v) is 1.54. The van der Waals surface area contributed by atoms with E-state index in [2.05, 4.69) is 15.9 Å². The Kier molecular flexibility index (Phi) is 3.94. The minimum atomic E-state index is -0.396. The number of esters is 1. The molecule has 0 amide bonds. The van der Waals surface area contributed by atoms with Crippen molar-refractivity contribution in [2.45, 2.75) is 13.5 Å². The van der Waals surface area contributed by atoms with Gasteiger partial charge in [-0.05, 0) is 12.1 Å². The lowest BCUT2D eigenvalue weighted by Crippen LogP contribution is -2.10. The molecule has 19 heavy (non-hydrogen) atoms. The Labute approximate surface area is 109 Å². The highest BCUT2D eigenvalue weighted by molar-refractivity contribution is 5.76. The van der Waals surface area contributed by atoms with E-state index in [-0.39, 0.29) is 19.0 Å². The molecule has 0 N–H and O–H groups in total. The van der Waals surface area contributed by atoms with Crippen LogP contribution < -0.4 is 5.55 Å². The highest BCUT2D eigenvalue weighted by Gasteiger charge is 2.05. The lowest BCUT2D eigenvalue weighted by molar-refractivity contribution is -0.142. The third-order valence-electron chi connectivity index (χ3n) is 2.31. The van der Waals surface area contributed by atoms with Crippen LogP contribution in [0.1, 0.15) is 12.8 Å². The minimum absolute atomic E-state index is 0.0290. The average molecular weight is 256 g/mol. The Balaban J connectivity index is 2.51. The Morgan fingerprint density at radius 3 is 3.05 bits per heavy atom. The summed E-state index contributed by atoms with van der Waals surface area (Å²) >= 11 is 0. The second-order valence-electron chi connectivity index (χ2n) is 3.73. The van der Waals surface area contributed by atoms with Gasteiger partial charge in [0.1, 0.15) is 6.54 Å². The van der Waals surface area contributed by atoms with E-state index >= 15 is 0 Å². The van der Waals surface area contributed by atoms with E-state index in [1.54, 1.807) is 0 Å². The number of nitrogens with zero attached hydrogens (tertiary/aromatic N) is 2. The van der Waals surface area contributed by atoms with Crippen LogP contribution in [0.25, 0.3) is 10.9 Å². The Morgan fingerprint density at radius 1 is 1.53 bits per heavy atom. The summed E-state index contributed by atoms with van der Waals surface area (Å²) in [6, 6.07) is 7.39. The summed E-state index contributed by atoms with van der Waals surface area (Å²) in [5.74, 6) is 2.30. The molecule has 0 radical (unpaired) electrons. The molecule has 0 saturated heterocycles. The number of fused-ring (bicyclic) bond motifs is 1. The van der Waals surface area contributed by atoms with Crippen molar-refractivity contribution in [3.05, 3.63) is 35.7 Å². The first-order valence-electron chi connectivity index (χ1n) is 5.67. The molecular formula is C14H12N2O3. The number of benzene rings is 1. The normalized spacial score (nSPS) is 11.3. The standard InChI is InChI=1S/C14H12N2O3/c1-3-8-15-14-11-6-4-5-7-12(11)16-13(19-14)9-18-10(2)17/h1,4-7H,8-9H2,2H3. The van der Waals surface area contributed by atoms with Crippen molar-refractivity contribution >= 4 is 16.9 Å². The first-order valence-corrected chi connectivity index (χ1v) is 5.67. The number of aromatic nitrogens is 1. The summed E-state index contributed by atoms with van der Waals surface area (Å²) in [7, 11) is 0. The molecule has 2 aromatic rings. The summed E-state index contributed by atoms with van der Waals surface area (Å²) in [5.41, 5.74) is 1.11. The van der Waals surface area contributed by atoms with E-state index < -0.39 is 5.97 Å². The van der Waals surface area contributed by atoms with Gasteiger partial charge in [-0.1, -0.05) is 18.1 Å². The fraction of sp³-hybridized carbons (Fsp3) is 0.214. The van der Waals surface area contributed by atoms with E-state index in [1.165, 1.54) is 6.92 Å². The highest BCUT2D eigenvalue weighted by atomic mass is 16.5. The van der Waals surface area contributed by atoms with Crippen LogP contribution in [0.4, 0.5) is 0 Å². The highest BCUT2D eigenvalue weighted by Crippen LogP contribution is 2.08. The van der Waals surface area contributed by atoms with Gasteiger partial charge in [0.15, 0.2) is 6.61 Å². The summed E-state index contributed by atoms with van der Waals surface area (Å²) < 4.78 is 10.4. The molecule has 2 rings (SSSR count). The van der Waals surface area contributed by atoms with E-state index in [4.69, 9.17) is 15.6 Å². The second-order valence-corrected chi connectivity index (χ2v) is 3.73. The lowest BCUT2D eigenvalue weighted by Gasteiger charge is -2.03. The molecular weight excluding hydrogens is 244 g/mol. The number of rotatable bonds is 3. The molecule has 5 heteroatoms.